The van der Waals surface area contributed by atoms with Crippen molar-refractivity contribution in [1.29, 1.82) is 0 Å². The van der Waals surface area contributed by atoms with E-state index >= 15 is 0 Å². The third kappa shape index (κ3) is 3.96. The van der Waals surface area contributed by atoms with Gasteiger partial charge in [-0.05, 0) is 34.2 Å². The normalized spacial score (nSPS) is 13.6. The Kier molecular flexibility index (Phi) is 5.94. The number of hydrogen-bond donors (Lipinski definition) is 0. The van der Waals surface area contributed by atoms with Gasteiger partial charge in [-0.2, -0.15) is 0 Å². The fourth-order valence-corrected chi connectivity index (χ4v) is 10.3. The third-order valence-electron chi connectivity index (χ3n) is 12.8. The van der Waals surface area contributed by atoms with Crippen molar-refractivity contribution in [2.75, 3.05) is 0 Å². The molecule has 4 heterocycles. The van der Waals surface area contributed by atoms with E-state index in [1.807, 2.05) is 0 Å². The van der Waals surface area contributed by atoms with Crippen molar-refractivity contribution in [1.82, 2.24) is 18.9 Å². The van der Waals surface area contributed by atoms with Gasteiger partial charge in [0, 0.05) is 59.8 Å². The summed E-state index contributed by atoms with van der Waals surface area (Å²) in [6.07, 6.45) is 0. The van der Waals surface area contributed by atoms with Crippen molar-refractivity contribution in [2.24, 2.45) is 0 Å². The average Bonchev–Trinajstić information content (AvgIpc) is 3.97. The fraction of sp³-hybridized carbons (Fsp3) is 0.0566. The molecule has 4 aromatic heterocycles. The first-order chi connectivity index (χ1) is 28.1. The first-order valence-electron chi connectivity index (χ1n) is 19.8. The van der Waals surface area contributed by atoms with E-state index in [1.54, 1.807) is 0 Å². The Hall–Kier alpha value is -7.30. The van der Waals surface area contributed by atoms with Crippen LogP contribution in [0.3, 0.4) is 0 Å². The first kappa shape index (κ1) is 31.0. The summed E-state index contributed by atoms with van der Waals surface area (Å²) in [7, 11) is 0. The highest BCUT2D eigenvalue weighted by Gasteiger charge is 2.40. The second-order valence-corrected chi connectivity index (χ2v) is 16.1. The van der Waals surface area contributed by atoms with E-state index in [0.29, 0.717) is 5.95 Å². The molecule has 0 aliphatic heterocycles. The van der Waals surface area contributed by atoms with Crippen LogP contribution in [0.15, 0.2) is 170 Å². The van der Waals surface area contributed by atoms with Crippen LogP contribution in [0.25, 0.3) is 110 Å². The molecular formula is C53H34N4. The lowest BCUT2D eigenvalue weighted by molar-refractivity contribution is 0.657. The lowest BCUT2D eigenvalue weighted by Crippen LogP contribution is -2.18. The van der Waals surface area contributed by atoms with E-state index in [1.165, 1.54) is 87.5 Å². The van der Waals surface area contributed by atoms with E-state index in [9.17, 15) is 0 Å². The van der Waals surface area contributed by atoms with Crippen LogP contribution < -0.4 is 0 Å². The van der Waals surface area contributed by atoms with Gasteiger partial charge in [0.1, 0.15) is 0 Å². The van der Waals surface area contributed by atoms with Crippen molar-refractivity contribution in [3.63, 3.8) is 0 Å². The Morgan fingerprint density at radius 2 is 0.982 bits per heavy atom. The number of hydrogen-bond acceptors (Lipinski definition) is 2. The quantitative estimate of drug-likeness (QED) is 0.182. The van der Waals surface area contributed by atoms with Crippen molar-refractivity contribution < 1.29 is 0 Å². The average molecular weight is 727 g/mol. The molecule has 4 heteroatoms. The predicted octanol–water partition coefficient (Wildman–Crippen LogP) is 13.5. The summed E-state index contributed by atoms with van der Waals surface area (Å²) in [6.45, 7) is 4.64. The smallest absolute Gasteiger partial charge is 0.235 e. The van der Waals surface area contributed by atoms with Crippen molar-refractivity contribution >= 4 is 70.7 Å². The number of para-hydroxylation sites is 3. The Labute approximate surface area is 328 Å². The summed E-state index contributed by atoms with van der Waals surface area (Å²) in [5.41, 5.74) is 14.7. The molecule has 13 rings (SSSR count). The number of benzene rings is 8. The van der Waals surface area contributed by atoms with Crippen LogP contribution >= 0.6 is 0 Å². The summed E-state index contributed by atoms with van der Waals surface area (Å²) < 4.78 is 4.87. The molecule has 0 saturated heterocycles. The highest BCUT2D eigenvalue weighted by Crippen LogP contribution is 2.52. The largest absolute Gasteiger partial charge is 0.307 e. The first-order valence-corrected chi connectivity index (χ1v) is 19.8. The Morgan fingerprint density at radius 3 is 1.77 bits per heavy atom. The van der Waals surface area contributed by atoms with Crippen LogP contribution in [-0.4, -0.2) is 18.9 Å². The third-order valence-corrected chi connectivity index (χ3v) is 12.8. The zero-order valence-corrected chi connectivity index (χ0v) is 31.5. The van der Waals surface area contributed by atoms with E-state index in [-0.39, 0.29) is 5.41 Å². The van der Waals surface area contributed by atoms with Crippen molar-refractivity contribution in [3.05, 3.63) is 181 Å². The van der Waals surface area contributed by atoms with E-state index < -0.39 is 0 Å². The lowest BCUT2D eigenvalue weighted by atomic mass is 9.81. The SMILES string of the molecule is CC1(C)c2ccccc2-c2nc(-n3c4ccccc4c4ccc5ccc6c7cccc8c9ccccc9n(c87)c6c5c43)nc(-c3ccc(-c4ccccc4)cc3)c21. The molecule has 12 aromatic rings. The van der Waals surface area contributed by atoms with Crippen LogP contribution in [0.2, 0.25) is 0 Å². The minimum absolute atomic E-state index is 0.293. The molecule has 0 atom stereocenters. The summed E-state index contributed by atoms with van der Waals surface area (Å²) in [4.78, 5) is 11.3. The van der Waals surface area contributed by atoms with Crippen molar-refractivity contribution in [3.8, 4) is 39.6 Å². The number of nitrogens with zero attached hydrogens (tertiary/aromatic N) is 4. The molecule has 0 saturated carbocycles. The zero-order valence-electron chi connectivity index (χ0n) is 31.5. The second-order valence-electron chi connectivity index (χ2n) is 16.1. The van der Waals surface area contributed by atoms with Gasteiger partial charge in [0.15, 0.2) is 0 Å². The summed E-state index contributed by atoms with van der Waals surface area (Å²) >= 11 is 0. The number of rotatable bonds is 3. The Balaban J connectivity index is 1.19. The fourth-order valence-electron chi connectivity index (χ4n) is 10.3. The maximum Gasteiger partial charge on any atom is 0.235 e. The predicted molar refractivity (Wildman–Crippen MR) is 237 cm³/mol. The molecule has 0 fully saturated rings. The minimum Gasteiger partial charge on any atom is -0.307 e. The molecule has 57 heavy (non-hydrogen) atoms. The minimum atomic E-state index is -0.293. The molecule has 0 bridgehead atoms. The molecule has 1 aliphatic carbocycles. The van der Waals surface area contributed by atoms with E-state index in [4.69, 9.17) is 9.97 Å². The summed E-state index contributed by atoms with van der Waals surface area (Å²) in [5, 5.41) is 9.85. The van der Waals surface area contributed by atoms with Gasteiger partial charge < -0.3 is 4.40 Å². The van der Waals surface area contributed by atoms with Gasteiger partial charge in [-0.1, -0.05) is 172 Å². The molecule has 0 unspecified atom stereocenters. The Morgan fingerprint density at radius 1 is 0.421 bits per heavy atom. The highest BCUT2D eigenvalue weighted by molar-refractivity contribution is 6.32. The van der Waals surface area contributed by atoms with E-state index in [0.717, 1.165) is 28.0 Å². The molecule has 266 valence electrons. The van der Waals surface area contributed by atoms with Gasteiger partial charge in [-0.3, -0.25) is 4.57 Å². The van der Waals surface area contributed by atoms with Crippen LogP contribution in [-0.2, 0) is 5.41 Å². The van der Waals surface area contributed by atoms with Crippen LogP contribution in [0.5, 0.6) is 0 Å². The summed E-state index contributed by atoms with van der Waals surface area (Å²) in [6, 6.07) is 61.8. The van der Waals surface area contributed by atoms with Crippen LogP contribution in [0.4, 0.5) is 0 Å². The second kappa shape index (κ2) is 10.9. The van der Waals surface area contributed by atoms with Gasteiger partial charge in [0.25, 0.3) is 0 Å². The van der Waals surface area contributed by atoms with Gasteiger partial charge in [0.05, 0.1) is 39.0 Å². The van der Waals surface area contributed by atoms with Crippen LogP contribution in [0.1, 0.15) is 25.0 Å². The van der Waals surface area contributed by atoms with Crippen LogP contribution in [0, 0.1) is 0 Å². The highest BCUT2D eigenvalue weighted by atomic mass is 15.2. The van der Waals surface area contributed by atoms with Gasteiger partial charge in [-0.25, -0.2) is 9.97 Å². The number of aromatic nitrogens is 4. The number of fused-ring (bicyclic) bond motifs is 15. The lowest BCUT2D eigenvalue weighted by Gasteiger charge is -2.24. The van der Waals surface area contributed by atoms with Gasteiger partial charge in [0.2, 0.25) is 5.95 Å². The Bertz CT molecular complexity index is 3640. The molecule has 8 aromatic carbocycles. The molecule has 4 nitrogen and oxygen atoms in total. The molecule has 0 radical (unpaired) electrons. The molecule has 0 spiro atoms. The summed E-state index contributed by atoms with van der Waals surface area (Å²) in [5.74, 6) is 0.678. The maximum atomic E-state index is 5.70. The molecular weight excluding hydrogens is 693 g/mol. The molecule has 1 aliphatic rings. The van der Waals surface area contributed by atoms with Gasteiger partial charge >= 0.3 is 0 Å². The topological polar surface area (TPSA) is 35.1 Å². The van der Waals surface area contributed by atoms with Crippen molar-refractivity contribution in [2.45, 2.75) is 19.3 Å². The molecule has 0 N–H and O–H groups in total. The van der Waals surface area contributed by atoms with E-state index in [2.05, 4.69) is 193 Å². The monoisotopic (exact) mass is 726 g/mol. The van der Waals surface area contributed by atoms with Gasteiger partial charge in [-0.15, -0.1) is 0 Å². The molecule has 0 amide bonds. The maximum absolute atomic E-state index is 5.70. The standard InChI is InChI=1S/C53H34N4/c1-53(2)42-20-9-6-17-41(42)48-46(53)47(34-25-23-32(24-26-34)31-13-4-3-5-14-31)54-52(55-48)57-44-22-11-8-16-36(44)39-29-27-33-28-30-40-38-19-12-18-37-35-15-7-10-21-43(35)56(49(37)38)50(40)45(33)51(39)57/h3-30H,1-2H3. The zero-order chi connectivity index (χ0) is 37.6.